The van der Waals surface area contributed by atoms with Gasteiger partial charge < -0.3 is 10.5 Å². The number of methoxy groups -OCH3 is 1. The lowest BCUT2D eigenvalue weighted by Crippen LogP contribution is -2.15. The van der Waals surface area contributed by atoms with Gasteiger partial charge in [0.05, 0.1) is 30.7 Å². The van der Waals surface area contributed by atoms with Crippen LogP contribution in [-0.2, 0) is 0 Å². The van der Waals surface area contributed by atoms with Crippen molar-refractivity contribution in [2.24, 2.45) is 15.9 Å². The molecule has 0 unspecified atom stereocenters. The van der Waals surface area contributed by atoms with Gasteiger partial charge in [0, 0.05) is 10.6 Å². The van der Waals surface area contributed by atoms with Crippen LogP contribution in [0, 0.1) is 0 Å². The summed E-state index contributed by atoms with van der Waals surface area (Å²) in [5.74, 6) is 0.457. The normalized spacial score (nSPS) is 11.9. The summed E-state index contributed by atoms with van der Waals surface area (Å²) in [5.41, 5.74) is 6.81. The van der Waals surface area contributed by atoms with Gasteiger partial charge in [0.1, 0.15) is 5.69 Å². The van der Waals surface area contributed by atoms with Crippen LogP contribution in [-0.4, -0.2) is 29.1 Å². The summed E-state index contributed by atoms with van der Waals surface area (Å²) < 4.78 is 4.95. The van der Waals surface area contributed by atoms with Gasteiger partial charge in [0.2, 0.25) is 5.88 Å². The summed E-state index contributed by atoms with van der Waals surface area (Å²) in [6.45, 7) is 0. The molecule has 0 saturated carbocycles. The standard InChI is InChI=1S/C13H11Cl2N5O/c1-21-12-7-17-6-11(19-12)13(16)20-18-5-8-2-3-9(14)4-10(8)15/h2-7H,1H3,(H2,16,20)/b18-5-. The zero-order chi connectivity index (χ0) is 15.2. The molecule has 0 aliphatic carbocycles. The monoisotopic (exact) mass is 323 g/mol. The van der Waals surface area contributed by atoms with Gasteiger partial charge in [-0.15, -0.1) is 5.10 Å². The van der Waals surface area contributed by atoms with Gasteiger partial charge in [-0.2, -0.15) is 5.10 Å². The fourth-order valence-corrected chi connectivity index (χ4v) is 1.84. The topological polar surface area (TPSA) is 85.8 Å². The summed E-state index contributed by atoms with van der Waals surface area (Å²) in [4.78, 5) is 8.02. The van der Waals surface area contributed by atoms with Gasteiger partial charge in [-0.1, -0.05) is 29.3 Å². The van der Waals surface area contributed by atoms with E-state index >= 15 is 0 Å². The lowest BCUT2D eigenvalue weighted by atomic mass is 10.2. The van der Waals surface area contributed by atoms with Crippen LogP contribution in [0.15, 0.2) is 40.8 Å². The number of nitrogens with zero attached hydrogens (tertiary/aromatic N) is 4. The summed E-state index contributed by atoms with van der Waals surface area (Å²) in [5, 5.41) is 8.73. The quantitative estimate of drug-likeness (QED) is 0.532. The van der Waals surface area contributed by atoms with E-state index in [0.717, 1.165) is 0 Å². The van der Waals surface area contributed by atoms with Crippen LogP contribution in [0.1, 0.15) is 11.3 Å². The molecule has 0 spiro atoms. The van der Waals surface area contributed by atoms with Crippen LogP contribution in [0.3, 0.4) is 0 Å². The Bertz CT molecular complexity index is 703. The Morgan fingerprint density at radius 2 is 2.14 bits per heavy atom. The fourth-order valence-electron chi connectivity index (χ4n) is 1.38. The molecule has 2 rings (SSSR count). The highest BCUT2D eigenvalue weighted by molar-refractivity contribution is 6.36. The second kappa shape index (κ2) is 7.01. The zero-order valence-corrected chi connectivity index (χ0v) is 12.5. The third-order valence-electron chi connectivity index (χ3n) is 2.41. The van der Waals surface area contributed by atoms with Gasteiger partial charge >= 0.3 is 0 Å². The van der Waals surface area contributed by atoms with E-state index in [0.29, 0.717) is 27.2 Å². The van der Waals surface area contributed by atoms with Crippen molar-refractivity contribution < 1.29 is 4.74 Å². The molecule has 0 atom stereocenters. The van der Waals surface area contributed by atoms with E-state index < -0.39 is 0 Å². The van der Waals surface area contributed by atoms with E-state index in [2.05, 4.69) is 20.2 Å². The van der Waals surface area contributed by atoms with Crippen molar-refractivity contribution >= 4 is 35.3 Å². The summed E-state index contributed by atoms with van der Waals surface area (Å²) in [7, 11) is 1.49. The molecule has 0 fully saturated rings. The maximum atomic E-state index is 6.01. The predicted molar refractivity (Wildman–Crippen MR) is 83.4 cm³/mol. The summed E-state index contributed by atoms with van der Waals surface area (Å²) >= 11 is 11.8. The van der Waals surface area contributed by atoms with Crippen LogP contribution in [0.25, 0.3) is 0 Å². The minimum Gasteiger partial charge on any atom is -0.480 e. The molecule has 0 saturated heterocycles. The van der Waals surface area contributed by atoms with Gasteiger partial charge in [0.25, 0.3) is 0 Å². The highest BCUT2D eigenvalue weighted by Crippen LogP contribution is 2.19. The van der Waals surface area contributed by atoms with Crippen LogP contribution in [0.2, 0.25) is 10.0 Å². The van der Waals surface area contributed by atoms with E-state index in [4.69, 9.17) is 33.7 Å². The molecule has 0 aliphatic heterocycles. The second-order valence-corrected chi connectivity index (χ2v) is 4.69. The molecule has 1 heterocycles. The van der Waals surface area contributed by atoms with Crippen molar-refractivity contribution in [1.82, 2.24) is 9.97 Å². The van der Waals surface area contributed by atoms with E-state index in [9.17, 15) is 0 Å². The fraction of sp³-hybridized carbons (Fsp3) is 0.0769. The van der Waals surface area contributed by atoms with Gasteiger partial charge in [-0.3, -0.25) is 4.98 Å². The summed E-state index contributed by atoms with van der Waals surface area (Å²) in [6, 6.07) is 5.05. The Labute approximate surface area is 131 Å². The van der Waals surface area contributed by atoms with Crippen LogP contribution in [0.5, 0.6) is 5.88 Å². The Kier molecular flexibility index (Phi) is 5.08. The van der Waals surface area contributed by atoms with Crippen LogP contribution < -0.4 is 10.5 Å². The number of hydrogen-bond donors (Lipinski definition) is 1. The Morgan fingerprint density at radius 3 is 2.86 bits per heavy atom. The molecular weight excluding hydrogens is 313 g/mol. The first-order valence-electron chi connectivity index (χ1n) is 5.78. The Balaban J connectivity index is 2.17. The Morgan fingerprint density at radius 1 is 1.33 bits per heavy atom. The van der Waals surface area contributed by atoms with Crippen LogP contribution >= 0.6 is 23.2 Å². The lowest BCUT2D eigenvalue weighted by molar-refractivity contribution is 0.395. The molecule has 108 valence electrons. The summed E-state index contributed by atoms with van der Waals surface area (Å²) in [6.07, 6.45) is 4.40. The average Bonchev–Trinajstić information content (AvgIpc) is 2.49. The van der Waals surface area contributed by atoms with Crippen molar-refractivity contribution in [1.29, 1.82) is 0 Å². The number of amidine groups is 1. The van der Waals surface area contributed by atoms with Crippen molar-refractivity contribution in [3.8, 4) is 5.88 Å². The van der Waals surface area contributed by atoms with Crippen molar-refractivity contribution in [2.75, 3.05) is 7.11 Å². The van der Waals surface area contributed by atoms with E-state index in [1.165, 1.54) is 25.7 Å². The first kappa shape index (κ1) is 15.2. The number of halogens is 2. The largest absolute Gasteiger partial charge is 0.480 e. The first-order valence-corrected chi connectivity index (χ1v) is 6.53. The van der Waals surface area contributed by atoms with Crippen molar-refractivity contribution in [3.63, 3.8) is 0 Å². The molecule has 0 radical (unpaired) electrons. The third-order valence-corrected chi connectivity index (χ3v) is 2.97. The average molecular weight is 324 g/mol. The number of benzene rings is 1. The van der Waals surface area contributed by atoms with Gasteiger partial charge in [0.15, 0.2) is 5.84 Å². The van der Waals surface area contributed by atoms with E-state index in [1.54, 1.807) is 18.2 Å². The van der Waals surface area contributed by atoms with Crippen molar-refractivity contribution in [3.05, 3.63) is 51.9 Å². The molecule has 1 aromatic heterocycles. The lowest BCUT2D eigenvalue weighted by Gasteiger charge is -2.00. The zero-order valence-electron chi connectivity index (χ0n) is 11.0. The van der Waals surface area contributed by atoms with E-state index in [-0.39, 0.29) is 5.84 Å². The van der Waals surface area contributed by atoms with Gasteiger partial charge in [-0.05, 0) is 12.1 Å². The molecule has 0 amide bonds. The number of aromatic nitrogens is 2. The predicted octanol–water partition coefficient (Wildman–Crippen LogP) is 2.53. The molecule has 1 aromatic carbocycles. The molecule has 8 heteroatoms. The van der Waals surface area contributed by atoms with Gasteiger partial charge in [-0.25, -0.2) is 4.98 Å². The minimum absolute atomic E-state index is 0.114. The SMILES string of the molecule is COc1cncc(/C(N)=N\N=C/c2ccc(Cl)cc2Cl)n1. The molecule has 0 aliphatic rings. The Hall–Kier alpha value is -2.18. The van der Waals surface area contributed by atoms with E-state index in [1.807, 2.05) is 0 Å². The molecule has 21 heavy (non-hydrogen) atoms. The molecular formula is C13H11Cl2N5O. The number of hydrogen-bond acceptors (Lipinski definition) is 5. The third kappa shape index (κ3) is 4.14. The highest BCUT2D eigenvalue weighted by Gasteiger charge is 2.03. The number of ether oxygens (including phenoxy) is 1. The molecule has 6 nitrogen and oxygen atoms in total. The van der Waals surface area contributed by atoms with Crippen molar-refractivity contribution in [2.45, 2.75) is 0 Å². The number of nitrogens with two attached hydrogens (primary N) is 1. The maximum Gasteiger partial charge on any atom is 0.232 e. The molecule has 2 N–H and O–H groups in total. The maximum absolute atomic E-state index is 6.01. The second-order valence-electron chi connectivity index (χ2n) is 3.84. The highest BCUT2D eigenvalue weighted by atomic mass is 35.5. The van der Waals surface area contributed by atoms with Crippen LogP contribution in [0.4, 0.5) is 0 Å². The smallest absolute Gasteiger partial charge is 0.232 e. The molecule has 0 bridgehead atoms. The first-order chi connectivity index (χ1) is 10.1. The molecule has 2 aromatic rings. The number of rotatable bonds is 4. The minimum atomic E-state index is 0.114.